The SMILES string of the molecule is CNCCCC[C@@H](CN)NC. The van der Waals surface area contributed by atoms with Crippen LogP contribution in [0.25, 0.3) is 0 Å². The fraction of sp³-hybridized carbons (Fsp3) is 1.00. The number of rotatable bonds is 7. The molecule has 0 aromatic heterocycles. The summed E-state index contributed by atoms with van der Waals surface area (Å²) in [5, 5.41) is 6.31. The van der Waals surface area contributed by atoms with E-state index in [0.717, 1.165) is 13.1 Å². The summed E-state index contributed by atoms with van der Waals surface area (Å²) >= 11 is 0. The normalized spacial score (nSPS) is 13.4. The van der Waals surface area contributed by atoms with E-state index in [9.17, 15) is 0 Å². The quantitative estimate of drug-likeness (QED) is 0.456. The van der Waals surface area contributed by atoms with Gasteiger partial charge in [0.25, 0.3) is 0 Å². The van der Waals surface area contributed by atoms with Crippen molar-refractivity contribution in [2.24, 2.45) is 5.73 Å². The molecule has 4 N–H and O–H groups in total. The van der Waals surface area contributed by atoms with Gasteiger partial charge in [-0.25, -0.2) is 0 Å². The minimum absolute atomic E-state index is 0.506. The molecule has 0 fully saturated rings. The van der Waals surface area contributed by atoms with E-state index in [2.05, 4.69) is 10.6 Å². The van der Waals surface area contributed by atoms with Gasteiger partial charge in [0.05, 0.1) is 0 Å². The van der Waals surface area contributed by atoms with Crippen LogP contribution in [0.1, 0.15) is 19.3 Å². The van der Waals surface area contributed by atoms with Crippen LogP contribution in [0.2, 0.25) is 0 Å². The molecule has 3 heteroatoms. The minimum atomic E-state index is 0.506. The van der Waals surface area contributed by atoms with Gasteiger partial charge in [0, 0.05) is 12.6 Å². The van der Waals surface area contributed by atoms with Crippen molar-refractivity contribution in [2.45, 2.75) is 25.3 Å². The lowest BCUT2D eigenvalue weighted by Gasteiger charge is -2.12. The molecule has 68 valence electrons. The largest absolute Gasteiger partial charge is 0.329 e. The number of unbranched alkanes of at least 4 members (excludes halogenated alkanes) is 1. The molecule has 0 aromatic rings. The third kappa shape index (κ3) is 6.28. The Labute approximate surface area is 69.7 Å². The minimum Gasteiger partial charge on any atom is -0.329 e. The summed E-state index contributed by atoms with van der Waals surface area (Å²) in [7, 11) is 3.95. The van der Waals surface area contributed by atoms with E-state index in [1.165, 1.54) is 19.3 Å². The van der Waals surface area contributed by atoms with E-state index in [-0.39, 0.29) is 0 Å². The highest BCUT2D eigenvalue weighted by molar-refractivity contribution is 4.64. The molecule has 0 saturated heterocycles. The molecule has 0 amide bonds. The zero-order valence-corrected chi connectivity index (χ0v) is 7.69. The van der Waals surface area contributed by atoms with Crippen LogP contribution >= 0.6 is 0 Å². The number of nitrogens with one attached hydrogen (secondary N) is 2. The molecular formula is C8H21N3. The molecule has 0 radical (unpaired) electrons. The lowest BCUT2D eigenvalue weighted by molar-refractivity contribution is 0.498. The molecule has 0 rings (SSSR count). The maximum Gasteiger partial charge on any atom is 0.0187 e. The molecule has 11 heavy (non-hydrogen) atoms. The zero-order chi connectivity index (χ0) is 8.53. The van der Waals surface area contributed by atoms with Gasteiger partial charge in [-0.05, 0) is 33.5 Å². The molecule has 0 aromatic carbocycles. The van der Waals surface area contributed by atoms with Gasteiger partial charge in [0.2, 0.25) is 0 Å². The third-order valence-corrected chi connectivity index (χ3v) is 1.92. The van der Waals surface area contributed by atoms with Gasteiger partial charge in [-0.1, -0.05) is 6.42 Å². The van der Waals surface area contributed by atoms with Crippen molar-refractivity contribution in [3.8, 4) is 0 Å². The Bertz CT molecular complexity index is 71.7. The standard InChI is InChI=1S/C8H21N3/c1-10-6-4-3-5-8(7-9)11-2/h8,10-11H,3-7,9H2,1-2H3/t8-/m0/s1. The van der Waals surface area contributed by atoms with E-state index >= 15 is 0 Å². The zero-order valence-electron chi connectivity index (χ0n) is 7.69. The first-order valence-corrected chi connectivity index (χ1v) is 4.37. The van der Waals surface area contributed by atoms with Gasteiger partial charge in [-0.15, -0.1) is 0 Å². The summed E-state index contributed by atoms with van der Waals surface area (Å²) in [5.41, 5.74) is 5.52. The second kappa shape index (κ2) is 7.98. The van der Waals surface area contributed by atoms with Crippen molar-refractivity contribution < 1.29 is 0 Å². The van der Waals surface area contributed by atoms with Crippen LogP contribution in [0.3, 0.4) is 0 Å². The summed E-state index contributed by atoms with van der Waals surface area (Å²) in [6.45, 7) is 1.86. The summed E-state index contributed by atoms with van der Waals surface area (Å²) in [5.74, 6) is 0. The highest BCUT2D eigenvalue weighted by Crippen LogP contribution is 1.97. The predicted molar refractivity (Wildman–Crippen MR) is 49.7 cm³/mol. The van der Waals surface area contributed by atoms with Crippen molar-refractivity contribution in [2.75, 3.05) is 27.2 Å². The van der Waals surface area contributed by atoms with E-state index in [0.29, 0.717) is 6.04 Å². The average molecular weight is 159 g/mol. The van der Waals surface area contributed by atoms with Crippen LogP contribution in [0, 0.1) is 0 Å². The van der Waals surface area contributed by atoms with Crippen molar-refractivity contribution in [3.63, 3.8) is 0 Å². The lowest BCUT2D eigenvalue weighted by Crippen LogP contribution is -2.33. The fourth-order valence-electron chi connectivity index (χ4n) is 1.07. The summed E-state index contributed by atoms with van der Waals surface area (Å²) in [4.78, 5) is 0. The predicted octanol–water partition coefficient (Wildman–Crippen LogP) is -0.0772. The fourth-order valence-corrected chi connectivity index (χ4v) is 1.07. The number of hydrogen-bond donors (Lipinski definition) is 3. The van der Waals surface area contributed by atoms with E-state index in [4.69, 9.17) is 5.73 Å². The second-order valence-corrected chi connectivity index (χ2v) is 2.82. The Morgan fingerprint density at radius 3 is 2.45 bits per heavy atom. The highest BCUT2D eigenvalue weighted by Gasteiger charge is 2.00. The van der Waals surface area contributed by atoms with Crippen LogP contribution in [0.4, 0.5) is 0 Å². The number of nitrogens with two attached hydrogens (primary N) is 1. The molecule has 1 atom stereocenters. The third-order valence-electron chi connectivity index (χ3n) is 1.92. The molecule has 0 saturated carbocycles. The first kappa shape index (κ1) is 10.9. The van der Waals surface area contributed by atoms with Crippen molar-refractivity contribution >= 4 is 0 Å². The van der Waals surface area contributed by atoms with E-state index < -0.39 is 0 Å². The molecule has 0 bridgehead atoms. The number of likely N-dealkylation sites (N-methyl/N-ethyl adjacent to an activating group) is 1. The molecule has 0 aliphatic rings. The van der Waals surface area contributed by atoms with Crippen LogP contribution in [0.5, 0.6) is 0 Å². The van der Waals surface area contributed by atoms with Gasteiger partial charge < -0.3 is 16.4 Å². The van der Waals surface area contributed by atoms with E-state index in [1.807, 2.05) is 14.1 Å². The van der Waals surface area contributed by atoms with Crippen molar-refractivity contribution in [3.05, 3.63) is 0 Å². The van der Waals surface area contributed by atoms with E-state index in [1.54, 1.807) is 0 Å². The van der Waals surface area contributed by atoms with Gasteiger partial charge in [-0.3, -0.25) is 0 Å². The maximum atomic E-state index is 5.52. The summed E-state index contributed by atoms with van der Waals surface area (Å²) < 4.78 is 0. The lowest BCUT2D eigenvalue weighted by atomic mass is 10.1. The van der Waals surface area contributed by atoms with Gasteiger partial charge in [0.15, 0.2) is 0 Å². The van der Waals surface area contributed by atoms with Crippen molar-refractivity contribution in [1.29, 1.82) is 0 Å². The maximum absolute atomic E-state index is 5.52. The first-order valence-electron chi connectivity index (χ1n) is 4.37. The van der Waals surface area contributed by atoms with Crippen LogP contribution < -0.4 is 16.4 Å². The highest BCUT2D eigenvalue weighted by atomic mass is 14.9. The molecule has 0 aliphatic heterocycles. The Kier molecular flexibility index (Phi) is 7.89. The molecule has 0 aliphatic carbocycles. The molecule has 0 unspecified atom stereocenters. The number of hydrogen-bond acceptors (Lipinski definition) is 3. The summed E-state index contributed by atoms with van der Waals surface area (Å²) in [6, 6.07) is 0.506. The molecular weight excluding hydrogens is 138 g/mol. The average Bonchev–Trinajstić information content (AvgIpc) is 2.05. The smallest absolute Gasteiger partial charge is 0.0187 e. The Morgan fingerprint density at radius 2 is 2.00 bits per heavy atom. The molecule has 3 nitrogen and oxygen atoms in total. The Balaban J connectivity index is 3.07. The van der Waals surface area contributed by atoms with Gasteiger partial charge in [-0.2, -0.15) is 0 Å². The molecule has 0 heterocycles. The van der Waals surface area contributed by atoms with Gasteiger partial charge >= 0.3 is 0 Å². The van der Waals surface area contributed by atoms with Crippen LogP contribution in [-0.4, -0.2) is 33.2 Å². The summed E-state index contributed by atoms with van der Waals surface area (Å²) in [6.07, 6.45) is 3.69. The monoisotopic (exact) mass is 159 g/mol. The molecule has 0 spiro atoms. The van der Waals surface area contributed by atoms with Crippen LogP contribution in [0.15, 0.2) is 0 Å². The topological polar surface area (TPSA) is 50.1 Å². The van der Waals surface area contributed by atoms with Gasteiger partial charge in [0.1, 0.15) is 0 Å². The Hall–Kier alpha value is -0.120. The first-order chi connectivity index (χ1) is 5.35. The Morgan fingerprint density at radius 1 is 1.27 bits per heavy atom. The van der Waals surface area contributed by atoms with Crippen LogP contribution in [-0.2, 0) is 0 Å². The van der Waals surface area contributed by atoms with Crippen molar-refractivity contribution in [1.82, 2.24) is 10.6 Å². The second-order valence-electron chi connectivity index (χ2n) is 2.82.